The minimum absolute atomic E-state index is 0.217. The number of carbonyl (C=O) groups is 1. The second-order valence-electron chi connectivity index (χ2n) is 4.02. The summed E-state index contributed by atoms with van der Waals surface area (Å²) < 4.78 is 0. The van der Waals surface area contributed by atoms with Crippen LogP contribution in [0.1, 0.15) is 37.0 Å². The van der Waals surface area contributed by atoms with E-state index < -0.39 is 0 Å². The first-order chi connectivity index (χ1) is 8.06. The summed E-state index contributed by atoms with van der Waals surface area (Å²) in [6.45, 7) is 3.97. The molecule has 5 heteroatoms. The van der Waals surface area contributed by atoms with Gasteiger partial charge in [0.25, 0.3) is 5.91 Å². The molecule has 0 atom stereocenters. The number of nitrogens with one attached hydrogen (secondary N) is 2. The molecule has 17 heavy (non-hydrogen) atoms. The topological polar surface area (TPSA) is 62.0 Å². The fourth-order valence-corrected chi connectivity index (χ4v) is 1.96. The van der Waals surface area contributed by atoms with Crippen LogP contribution in [0.3, 0.4) is 0 Å². The number of H-pyrrole nitrogens is 1. The number of alkyl halides is 1. The lowest BCUT2D eigenvalue weighted by molar-refractivity contribution is 0.0902. The van der Waals surface area contributed by atoms with E-state index in [1.54, 1.807) is 0 Å². The number of amides is 1. The maximum atomic E-state index is 12.0. The normalized spacial score (nSPS) is 11.2. The number of pyridine rings is 1. The van der Waals surface area contributed by atoms with Gasteiger partial charge in [-0.1, -0.05) is 13.8 Å². The van der Waals surface area contributed by atoms with E-state index in [0.29, 0.717) is 11.4 Å². The average Bonchev–Trinajstić information content (AvgIpc) is 2.37. The van der Waals surface area contributed by atoms with E-state index in [1.165, 1.54) is 18.3 Å². The number of halogens is 1. The van der Waals surface area contributed by atoms with Crippen molar-refractivity contribution in [2.45, 2.75) is 32.2 Å². The van der Waals surface area contributed by atoms with Gasteiger partial charge in [-0.2, -0.15) is 0 Å². The maximum absolute atomic E-state index is 12.0. The molecular formula is C12H17ClN2O2. The van der Waals surface area contributed by atoms with Gasteiger partial charge in [0.1, 0.15) is 0 Å². The SMILES string of the molecule is CCC(CC)(CCl)NC(=O)c1ccc(=O)[nH]c1. The van der Waals surface area contributed by atoms with Gasteiger partial charge in [0, 0.05) is 18.1 Å². The van der Waals surface area contributed by atoms with E-state index in [2.05, 4.69) is 10.3 Å². The first kappa shape index (κ1) is 13.8. The van der Waals surface area contributed by atoms with Crippen molar-refractivity contribution in [2.24, 2.45) is 0 Å². The van der Waals surface area contributed by atoms with Crippen LogP contribution in [-0.4, -0.2) is 22.3 Å². The highest BCUT2D eigenvalue weighted by molar-refractivity contribution is 6.18. The third-order valence-corrected chi connectivity index (χ3v) is 3.55. The fraction of sp³-hybridized carbons (Fsp3) is 0.500. The second kappa shape index (κ2) is 5.87. The van der Waals surface area contributed by atoms with E-state index in [9.17, 15) is 9.59 Å². The third-order valence-electron chi connectivity index (χ3n) is 3.03. The monoisotopic (exact) mass is 256 g/mol. The average molecular weight is 257 g/mol. The molecule has 0 radical (unpaired) electrons. The molecule has 1 heterocycles. The van der Waals surface area contributed by atoms with Crippen molar-refractivity contribution in [2.75, 3.05) is 5.88 Å². The molecule has 0 spiro atoms. The molecule has 0 aliphatic heterocycles. The van der Waals surface area contributed by atoms with Crippen molar-refractivity contribution in [3.8, 4) is 0 Å². The van der Waals surface area contributed by atoms with Crippen LogP contribution < -0.4 is 10.9 Å². The minimum Gasteiger partial charge on any atom is -0.345 e. The molecular weight excluding hydrogens is 240 g/mol. The summed E-state index contributed by atoms with van der Waals surface area (Å²) in [7, 11) is 0. The first-order valence-electron chi connectivity index (χ1n) is 5.64. The van der Waals surface area contributed by atoms with E-state index in [0.717, 1.165) is 12.8 Å². The number of hydrogen-bond acceptors (Lipinski definition) is 2. The van der Waals surface area contributed by atoms with Crippen LogP contribution in [-0.2, 0) is 0 Å². The lowest BCUT2D eigenvalue weighted by Crippen LogP contribution is -2.49. The molecule has 94 valence electrons. The number of rotatable bonds is 5. The highest BCUT2D eigenvalue weighted by Gasteiger charge is 2.27. The molecule has 0 aliphatic carbocycles. The van der Waals surface area contributed by atoms with Crippen LogP contribution in [0.4, 0.5) is 0 Å². The van der Waals surface area contributed by atoms with E-state index in [1.807, 2.05) is 13.8 Å². The molecule has 2 N–H and O–H groups in total. The Morgan fingerprint density at radius 3 is 2.47 bits per heavy atom. The van der Waals surface area contributed by atoms with Crippen LogP contribution in [0.25, 0.3) is 0 Å². The van der Waals surface area contributed by atoms with Gasteiger partial charge in [0.05, 0.1) is 11.1 Å². The summed E-state index contributed by atoms with van der Waals surface area (Å²) >= 11 is 5.91. The molecule has 0 unspecified atom stereocenters. The molecule has 0 aliphatic rings. The van der Waals surface area contributed by atoms with Gasteiger partial charge in [-0.3, -0.25) is 9.59 Å². The quantitative estimate of drug-likeness (QED) is 0.791. The van der Waals surface area contributed by atoms with Crippen molar-refractivity contribution in [1.82, 2.24) is 10.3 Å². The van der Waals surface area contributed by atoms with E-state index in [4.69, 9.17) is 11.6 Å². The lowest BCUT2D eigenvalue weighted by Gasteiger charge is -2.30. The summed E-state index contributed by atoms with van der Waals surface area (Å²) in [6.07, 6.45) is 2.94. The van der Waals surface area contributed by atoms with Gasteiger partial charge in [-0.25, -0.2) is 0 Å². The number of carbonyl (C=O) groups excluding carboxylic acids is 1. The fourth-order valence-electron chi connectivity index (χ4n) is 1.51. The van der Waals surface area contributed by atoms with Crippen molar-refractivity contribution in [3.05, 3.63) is 34.2 Å². The summed E-state index contributed by atoms with van der Waals surface area (Å²) in [5, 5.41) is 2.92. The summed E-state index contributed by atoms with van der Waals surface area (Å²) in [4.78, 5) is 25.3. The van der Waals surface area contributed by atoms with E-state index >= 15 is 0 Å². The molecule has 1 aromatic heterocycles. The Morgan fingerprint density at radius 2 is 2.06 bits per heavy atom. The van der Waals surface area contributed by atoms with Gasteiger partial charge in [-0.15, -0.1) is 11.6 Å². The Labute approximate surface area is 105 Å². The van der Waals surface area contributed by atoms with Gasteiger partial charge in [0.2, 0.25) is 5.56 Å². The van der Waals surface area contributed by atoms with Crippen LogP contribution in [0.15, 0.2) is 23.1 Å². The number of hydrogen-bond donors (Lipinski definition) is 2. The van der Waals surface area contributed by atoms with Crippen LogP contribution in [0.5, 0.6) is 0 Å². The Balaban J connectivity index is 2.84. The van der Waals surface area contributed by atoms with Crippen molar-refractivity contribution >= 4 is 17.5 Å². The molecule has 1 amide bonds. The third kappa shape index (κ3) is 3.33. The van der Waals surface area contributed by atoms with Gasteiger partial charge < -0.3 is 10.3 Å². The first-order valence-corrected chi connectivity index (χ1v) is 6.17. The van der Waals surface area contributed by atoms with Gasteiger partial charge in [-0.05, 0) is 18.9 Å². The second-order valence-corrected chi connectivity index (χ2v) is 4.28. The van der Waals surface area contributed by atoms with Crippen molar-refractivity contribution < 1.29 is 4.79 Å². The van der Waals surface area contributed by atoms with Crippen molar-refractivity contribution in [1.29, 1.82) is 0 Å². The predicted molar refractivity (Wildman–Crippen MR) is 68.6 cm³/mol. The van der Waals surface area contributed by atoms with Crippen LogP contribution in [0, 0.1) is 0 Å². The Morgan fingerprint density at radius 1 is 1.41 bits per heavy atom. The molecule has 1 aromatic rings. The van der Waals surface area contributed by atoms with Crippen LogP contribution in [0.2, 0.25) is 0 Å². The van der Waals surface area contributed by atoms with Crippen molar-refractivity contribution in [3.63, 3.8) is 0 Å². The highest BCUT2D eigenvalue weighted by atomic mass is 35.5. The molecule has 1 rings (SSSR count). The zero-order valence-corrected chi connectivity index (χ0v) is 10.8. The lowest BCUT2D eigenvalue weighted by atomic mass is 9.95. The maximum Gasteiger partial charge on any atom is 0.253 e. The van der Waals surface area contributed by atoms with Crippen LogP contribution >= 0.6 is 11.6 Å². The smallest absolute Gasteiger partial charge is 0.253 e. The number of aromatic nitrogens is 1. The number of aromatic amines is 1. The Hall–Kier alpha value is -1.29. The summed E-state index contributed by atoms with van der Waals surface area (Å²) in [5.74, 6) is 0.153. The molecule has 0 bridgehead atoms. The Kier molecular flexibility index (Phi) is 4.75. The predicted octanol–water partition coefficient (Wildman–Crippen LogP) is 1.90. The summed E-state index contributed by atoms with van der Waals surface area (Å²) in [6, 6.07) is 2.83. The van der Waals surface area contributed by atoms with E-state index in [-0.39, 0.29) is 17.0 Å². The molecule has 0 aromatic carbocycles. The molecule has 0 saturated heterocycles. The summed E-state index contributed by atoms with van der Waals surface area (Å²) in [5.41, 5.74) is -0.175. The minimum atomic E-state index is -0.380. The Bertz CT molecular complexity index is 410. The standard InChI is InChI=1S/C12H17ClN2O2/c1-3-12(4-2,8-13)15-11(17)9-5-6-10(16)14-7-9/h5-7H,3-4,8H2,1-2H3,(H,14,16)(H,15,17). The zero-order chi connectivity index (χ0) is 12.9. The highest BCUT2D eigenvalue weighted by Crippen LogP contribution is 2.17. The van der Waals surface area contributed by atoms with Gasteiger partial charge in [0.15, 0.2) is 0 Å². The molecule has 0 fully saturated rings. The molecule has 4 nitrogen and oxygen atoms in total. The largest absolute Gasteiger partial charge is 0.345 e. The zero-order valence-electron chi connectivity index (χ0n) is 10.0. The molecule has 0 saturated carbocycles. The van der Waals surface area contributed by atoms with Gasteiger partial charge >= 0.3 is 0 Å².